The molecule has 2 atom stereocenters. The minimum Gasteiger partial charge on any atom is -0.479 e. The van der Waals surface area contributed by atoms with E-state index in [4.69, 9.17) is 15.7 Å². The Bertz CT molecular complexity index is 1280. The van der Waals surface area contributed by atoms with Gasteiger partial charge in [0.1, 0.15) is 28.6 Å². The number of aliphatic carboxylic acids is 2. The Kier molecular flexibility index (Phi) is 7.15. The zero-order valence-corrected chi connectivity index (χ0v) is 19.4. The van der Waals surface area contributed by atoms with E-state index in [1.807, 2.05) is 18.2 Å². The van der Waals surface area contributed by atoms with E-state index in [1.165, 1.54) is 30.0 Å². The average molecular weight is 514 g/mol. The number of β-lactam (4-membered cyclic amide) rings is 1. The molecule has 1 fully saturated rings. The van der Waals surface area contributed by atoms with E-state index in [2.05, 4.69) is 15.5 Å². The summed E-state index contributed by atoms with van der Waals surface area (Å²) < 4.78 is 1.81. The number of nitrogens with two attached hydrogens (primary N) is 1. The zero-order valence-electron chi connectivity index (χ0n) is 18.6. The molecule has 14 heteroatoms. The fourth-order valence-electron chi connectivity index (χ4n) is 3.71. The molecule has 186 valence electrons. The smallest absolute Gasteiger partial charge is 0.352 e. The lowest BCUT2D eigenvalue weighted by atomic mass is 10.0. The van der Waals surface area contributed by atoms with E-state index in [0.717, 1.165) is 4.90 Å². The third-order valence-electron chi connectivity index (χ3n) is 5.26. The van der Waals surface area contributed by atoms with Gasteiger partial charge in [0.25, 0.3) is 11.8 Å². The number of pyridine rings is 2. The number of aromatic nitrogens is 2. The number of anilines is 1. The van der Waals surface area contributed by atoms with Crippen molar-refractivity contribution in [2.45, 2.75) is 18.0 Å². The Morgan fingerprint density at radius 3 is 2.64 bits per heavy atom. The van der Waals surface area contributed by atoms with Gasteiger partial charge in [0.05, 0.1) is 0 Å². The van der Waals surface area contributed by atoms with Crippen molar-refractivity contribution < 1.29 is 38.8 Å². The van der Waals surface area contributed by atoms with Crippen molar-refractivity contribution in [2.75, 3.05) is 18.1 Å². The number of hydrogen-bond donors (Lipinski definition) is 4. The van der Waals surface area contributed by atoms with E-state index in [0.29, 0.717) is 17.9 Å². The van der Waals surface area contributed by atoms with Crippen LogP contribution in [-0.4, -0.2) is 73.3 Å². The number of carbonyl (C=O) groups excluding carboxylic acids is 2. The Morgan fingerprint density at radius 2 is 1.97 bits per heavy atom. The summed E-state index contributed by atoms with van der Waals surface area (Å²) in [6, 6.07) is 8.85. The van der Waals surface area contributed by atoms with Gasteiger partial charge in [0.2, 0.25) is 6.61 Å². The van der Waals surface area contributed by atoms with E-state index in [9.17, 15) is 24.3 Å². The number of carbonyl (C=O) groups is 4. The summed E-state index contributed by atoms with van der Waals surface area (Å²) in [5.74, 6) is -3.58. The number of fused-ring (bicyclic) bond motifs is 1. The molecule has 5 N–H and O–H groups in total. The fraction of sp³-hybridized carbons (Fsp3) is 0.227. The third-order valence-corrected chi connectivity index (χ3v) is 6.60. The van der Waals surface area contributed by atoms with Crippen molar-refractivity contribution in [3.05, 3.63) is 65.8 Å². The molecule has 0 saturated carbocycles. The first-order valence-corrected chi connectivity index (χ1v) is 11.6. The van der Waals surface area contributed by atoms with Gasteiger partial charge in [0, 0.05) is 23.5 Å². The van der Waals surface area contributed by atoms with E-state index < -0.39 is 41.8 Å². The molecular weight excluding hydrogens is 492 g/mol. The van der Waals surface area contributed by atoms with Gasteiger partial charge < -0.3 is 26.1 Å². The van der Waals surface area contributed by atoms with Crippen LogP contribution in [0.15, 0.2) is 65.2 Å². The maximum Gasteiger partial charge on any atom is 0.352 e. The maximum atomic E-state index is 13.0. The van der Waals surface area contributed by atoms with Crippen LogP contribution < -0.4 is 15.6 Å². The van der Waals surface area contributed by atoms with Crippen molar-refractivity contribution in [3.63, 3.8) is 0 Å². The number of carboxylic acids is 2. The molecule has 4 heterocycles. The van der Waals surface area contributed by atoms with Crippen LogP contribution in [0.25, 0.3) is 0 Å². The average Bonchev–Trinajstić information content (AvgIpc) is 2.85. The Labute approximate surface area is 208 Å². The van der Waals surface area contributed by atoms with Crippen LogP contribution in [-0.2, 0) is 30.6 Å². The number of nitrogens with one attached hydrogen (secondary N) is 1. The highest BCUT2D eigenvalue weighted by molar-refractivity contribution is 8.00. The number of nitrogens with zero attached hydrogens (tertiary/aromatic N) is 4. The molecule has 0 aliphatic carbocycles. The van der Waals surface area contributed by atoms with Gasteiger partial charge in [-0.15, -0.1) is 11.8 Å². The number of thioether (sulfide) groups is 1. The van der Waals surface area contributed by atoms with Gasteiger partial charge in [-0.1, -0.05) is 17.3 Å². The number of amides is 2. The van der Waals surface area contributed by atoms with Gasteiger partial charge in [-0.2, -0.15) is 0 Å². The van der Waals surface area contributed by atoms with E-state index >= 15 is 0 Å². The molecule has 0 radical (unpaired) electrons. The monoisotopic (exact) mass is 513 g/mol. The molecule has 0 aromatic carbocycles. The first kappa shape index (κ1) is 24.7. The van der Waals surface area contributed by atoms with E-state index in [1.54, 1.807) is 17.0 Å². The molecule has 1 unspecified atom stereocenters. The summed E-state index contributed by atoms with van der Waals surface area (Å²) in [4.78, 5) is 58.7. The highest BCUT2D eigenvalue weighted by atomic mass is 32.2. The van der Waals surface area contributed by atoms with Gasteiger partial charge >= 0.3 is 11.9 Å². The normalized spacial score (nSPS) is 19.3. The summed E-state index contributed by atoms with van der Waals surface area (Å²) in [6.07, 6.45) is 3.59. The van der Waals surface area contributed by atoms with Gasteiger partial charge in [0.15, 0.2) is 24.7 Å². The minimum atomic E-state index is -1.31. The largest absolute Gasteiger partial charge is 0.479 e. The summed E-state index contributed by atoms with van der Waals surface area (Å²) >= 11 is 1.32. The lowest BCUT2D eigenvalue weighted by molar-refractivity contribution is -0.689. The number of hydrogen-bond acceptors (Lipinski definition) is 9. The van der Waals surface area contributed by atoms with Crippen molar-refractivity contribution >= 4 is 47.0 Å². The second-order valence-electron chi connectivity index (χ2n) is 7.72. The summed E-state index contributed by atoms with van der Waals surface area (Å²) in [5, 5.41) is 24.1. The van der Waals surface area contributed by atoms with Crippen molar-refractivity contribution in [1.29, 1.82) is 0 Å². The highest BCUT2D eigenvalue weighted by Gasteiger charge is 2.54. The Hall–Kier alpha value is -4.46. The first-order chi connectivity index (χ1) is 17.3. The van der Waals surface area contributed by atoms with Crippen LogP contribution in [0.1, 0.15) is 5.69 Å². The van der Waals surface area contributed by atoms with Crippen molar-refractivity contribution in [2.24, 2.45) is 5.16 Å². The quantitative estimate of drug-likeness (QED) is 0.143. The molecule has 2 aromatic rings. The molecule has 36 heavy (non-hydrogen) atoms. The molecule has 0 spiro atoms. The molecule has 2 aliphatic heterocycles. The molecular formula is C22H21N6O7S+. The van der Waals surface area contributed by atoms with Crippen molar-refractivity contribution in [1.82, 2.24) is 15.2 Å². The standard InChI is InChI=1S/C22H20N6O7S/c23-14-6-4-5-13(24-14)16(26-35-10-15(29)30)19(31)25-17-20(32)28-18(22(33)34)12(11-36-21(17)28)9-27-7-2-1-3-8-27/h1-8,17,21H,9-11H2,(H4-,23,24,25,29,30,31,33,34)/p+1/b26-16-/t17?,21-/m1/s1. The second kappa shape index (κ2) is 10.4. The van der Waals surface area contributed by atoms with Crippen LogP contribution in [0.4, 0.5) is 5.82 Å². The summed E-state index contributed by atoms with van der Waals surface area (Å²) in [6.45, 7) is -0.509. The molecule has 13 nitrogen and oxygen atoms in total. The fourth-order valence-corrected chi connectivity index (χ4v) is 5.05. The molecule has 2 aliphatic rings. The van der Waals surface area contributed by atoms with Gasteiger partial charge in [-0.25, -0.2) is 19.1 Å². The second-order valence-corrected chi connectivity index (χ2v) is 8.83. The Morgan fingerprint density at radius 1 is 1.22 bits per heavy atom. The maximum absolute atomic E-state index is 13.0. The predicted octanol–water partition coefficient (Wildman–Crippen LogP) is -0.805. The number of rotatable bonds is 9. The molecule has 2 aromatic heterocycles. The van der Waals surface area contributed by atoms with Crippen LogP contribution >= 0.6 is 11.8 Å². The molecule has 4 rings (SSSR count). The van der Waals surface area contributed by atoms with Crippen LogP contribution in [0.2, 0.25) is 0 Å². The number of nitrogen functional groups attached to an aromatic ring is 1. The zero-order chi connectivity index (χ0) is 25.8. The predicted molar refractivity (Wildman–Crippen MR) is 125 cm³/mol. The summed E-state index contributed by atoms with van der Waals surface area (Å²) in [5.41, 5.74) is 5.75. The number of oxime groups is 1. The third kappa shape index (κ3) is 5.12. The van der Waals surface area contributed by atoms with Crippen LogP contribution in [0.5, 0.6) is 0 Å². The lowest BCUT2D eigenvalue weighted by Crippen LogP contribution is -2.71. The van der Waals surface area contributed by atoms with Gasteiger partial charge in [-0.05, 0) is 12.1 Å². The SMILES string of the molecule is Nc1cccc(/C(=N/OCC(=O)O)C(=O)NC2C(=O)N3C(C(=O)O)=C(C[n+]4ccccc4)CS[C@H]23)n1. The molecule has 2 amide bonds. The number of carboxylic acid groups (broad SMARTS) is 2. The Balaban J connectivity index is 1.54. The minimum absolute atomic E-state index is 0.00566. The van der Waals surface area contributed by atoms with Crippen molar-refractivity contribution in [3.8, 4) is 0 Å². The molecule has 1 saturated heterocycles. The highest BCUT2D eigenvalue weighted by Crippen LogP contribution is 2.40. The summed E-state index contributed by atoms with van der Waals surface area (Å²) in [7, 11) is 0. The molecule has 0 bridgehead atoms. The lowest BCUT2D eigenvalue weighted by Gasteiger charge is -2.49. The topological polar surface area (TPSA) is 188 Å². The van der Waals surface area contributed by atoms with Crippen LogP contribution in [0, 0.1) is 0 Å². The van der Waals surface area contributed by atoms with E-state index in [-0.39, 0.29) is 22.9 Å². The van der Waals surface area contributed by atoms with Crippen LogP contribution in [0.3, 0.4) is 0 Å². The van der Waals surface area contributed by atoms with Gasteiger partial charge in [-0.3, -0.25) is 14.5 Å². The first-order valence-electron chi connectivity index (χ1n) is 10.6.